The molecule has 0 aromatic carbocycles. The van der Waals surface area contributed by atoms with Gasteiger partial charge in [0.05, 0.1) is 0 Å². The van der Waals surface area contributed by atoms with Crippen LogP contribution in [0.4, 0.5) is 0 Å². The fraction of sp³-hybridized carbons (Fsp3) is 0.931. The lowest BCUT2D eigenvalue weighted by Gasteiger charge is -2.72. The van der Waals surface area contributed by atoms with Gasteiger partial charge < -0.3 is 0 Å². The Bertz CT molecular complexity index is 823. The number of Topliss-reactive ketones (excluding diaryl/α,β-unsaturated/α-hetero) is 1. The van der Waals surface area contributed by atoms with Crippen LogP contribution in [0.2, 0.25) is 0 Å². The van der Waals surface area contributed by atoms with E-state index in [4.69, 9.17) is 0 Å². The van der Waals surface area contributed by atoms with Crippen molar-refractivity contribution in [3.8, 4) is 6.07 Å². The number of ketones is 1. The minimum absolute atomic E-state index is 0.0805. The van der Waals surface area contributed by atoms with Crippen molar-refractivity contribution < 1.29 is 4.79 Å². The number of fused-ring (bicyclic) bond motifs is 7. The van der Waals surface area contributed by atoms with Gasteiger partial charge in [-0.25, -0.2) is 0 Å². The molecule has 5 saturated carbocycles. The predicted molar refractivity (Wildman–Crippen MR) is 125 cm³/mol. The zero-order valence-electron chi connectivity index (χ0n) is 21.0. The van der Waals surface area contributed by atoms with E-state index in [0.29, 0.717) is 33.5 Å². The van der Waals surface area contributed by atoms with Gasteiger partial charge in [-0.1, -0.05) is 48.0 Å². The number of nitriles is 1. The van der Waals surface area contributed by atoms with Gasteiger partial charge >= 0.3 is 0 Å². The van der Waals surface area contributed by atoms with Crippen LogP contribution < -0.4 is 0 Å². The molecule has 9 atom stereocenters. The summed E-state index contributed by atoms with van der Waals surface area (Å²) in [5.74, 6) is 3.50. The first-order valence-electron chi connectivity index (χ1n) is 13.4. The number of rotatable bonds is 1. The molecule has 172 valence electrons. The SMILES string of the molecule is CC1CCC2(C)C(CCC3(C)C2CCC2C4CCCC4(C(=O)C#N)CC[C@]23C)C1(C)C. The molecule has 0 spiro atoms. The summed E-state index contributed by atoms with van der Waals surface area (Å²) < 4.78 is 0. The lowest BCUT2D eigenvalue weighted by atomic mass is 9.32. The zero-order valence-corrected chi connectivity index (χ0v) is 21.0. The van der Waals surface area contributed by atoms with Crippen molar-refractivity contribution in [2.24, 2.45) is 56.7 Å². The van der Waals surface area contributed by atoms with Crippen LogP contribution in [0, 0.1) is 68.0 Å². The Hall–Kier alpha value is -0.840. The van der Waals surface area contributed by atoms with E-state index >= 15 is 0 Å². The molecule has 0 radical (unpaired) electrons. The summed E-state index contributed by atoms with van der Waals surface area (Å²) >= 11 is 0. The van der Waals surface area contributed by atoms with Crippen LogP contribution >= 0.6 is 0 Å². The molecule has 31 heavy (non-hydrogen) atoms. The summed E-state index contributed by atoms with van der Waals surface area (Å²) in [5.41, 5.74) is 1.31. The molecular weight excluding hydrogens is 378 g/mol. The molecule has 5 aliphatic rings. The highest BCUT2D eigenvalue weighted by atomic mass is 16.1. The highest BCUT2D eigenvalue weighted by Gasteiger charge is 2.70. The van der Waals surface area contributed by atoms with E-state index in [1.807, 2.05) is 0 Å². The van der Waals surface area contributed by atoms with Crippen LogP contribution in [0.25, 0.3) is 0 Å². The Morgan fingerprint density at radius 1 is 0.774 bits per heavy atom. The van der Waals surface area contributed by atoms with E-state index in [2.05, 4.69) is 47.6 Å². The Morgan fingerprint density at radius 2 is 1.52 bits per heavy atom. The van der Waals surface area contributed by atoms with Crippen molar-refractivity contribution in [1.82, 2.24) is 0 Å². The number of carbonyl (C=O) groups is 1. The van der Waals surface area contributed by atoms with Crippen molar-refractivity contribution in [3.05, 3.63) is 0 Å². The second kappa shape index (κ2) is 6.61. The van der Waals surface area contributed by atoms with Gasteiger partial charge in [-0.3, -0.25) is 4.79 Å². The van der Waals surface area contributed by atoms with Gasteiger partial charge in [-0.05, 0) is 115 Å². The van der Waals surface area contributed by atoms with E-state index in [9.17, 15) is 10.1 Å². The lowest BCUT2D eigenvalue weighted by molar-refractivity contribution is -0.238. The largest absolute Gasteiger partial charge is 0.282 e. The summed E-state index contributed by atoms with van der Waals surface area (Å²) in [6.45, 7) is 15.6. The molecule has 8 unspecified atom stereocenters. The number of carbonyl (C=O) groups excluding carboxylic acids is 1. The van der Waals surface area contributed by atoms with Crippen LogP contribution in [0.3, 0.4) is 0 Å². The maximum atomic E-state index is 12.9. The first-order chi connectivity index (χ1) is 14.5. The highest BCUT2D eigenvalue weighted by Crippen LogP contribution is 2.77. The fourth-order valence-electron chi connectivity index (χ4n) is 11.3. The molecule has 0 heterocycles. The van der Waals surface area contributed by atoms with Gasteiger partial charge in [-0.2, -0.15) is 5.26 Å². The molecule has 0 bridgehead atoms. The summed E-state index contributed by atoms with van der Waals surface area (Å²) in [6.07, 6.45) is 13.6. The van der Waals surface area contributed by atoms with Gasteiger partial charge in [0, 0.05) is 5.41 Å². The average Bonchev–Trinajstić information content (AvgIpc) is 3.16. The van der Waals surface area contributed by atoms with Gasteiger partial charge in [-0.15, -0.1) is 0 Å². The summed E-state index contributed by atoms with van der Waals surface area (Å²) in [6, 6.07) is 2.09. The normalized spacial score (nSPS) is 55.2. The molecule has 0 aliphatic heterocycles. The molecule has 5 rings (SSSR count). The smallest absolute Gasteiger partial charge is 0.238 e. The second-order valence-corrected chi connectivity index (χ2v) is 14.0. The Kier molecular flexibility index (Phi) is 4.68. The monoisotopic (exact) mass is 423 g/mol. The van der Waals surface area contributed by atoms with Gasteiger partial charge in [0.25, 0.3) is 0 Å². The summed E-state index contributed by atoms with van der Waals surface area (Å²) in [5, 5.41) is 9.56. The lowest BCUT2D eigenvalue weighted by Crippen LogP contribution is -2.66. The summed E-state index contributed by atoms with van der Waals surface area (Å²) in [7, 11) is 0. The molecule has 5 aliphatic carbocycles. The topological polar surface area (TPSA) is 40.9 Å². The molecule has 5 fully saturated rings. The number of hydrogen-bond donors (Lipinski definition) is 0. The van der Waals surface area contributed by atoms with Crippen molar-refractivity contribution in [3.63, 3.8) is 0 Å². The minimum atomic E-state index is -0.300. The van der Waals surface area contributed by atoms with Gasteiger partial charge in [0.1, 0.15) is 6.07 Å². The Labute approximate surface area is 190 Å². The zero-order chi connectivity index (χ0) is 22.4. The van der Waals surface area contributed by atoms with Crippen molar-refractivity contribution >= 4 is 5.78 Å². The first-order valence-corrected chi connectivity index (χ1v) is 13.4. The third kappa shape index (κ3) is 2.48. The van der Waals surface area contributed by atoms with Crippen LogP contribution in [0.5, 0.6) is 0 Å². The maximum absolute atomic E-state index is 12.9. The predicted octanol–water partition coefficient (Wildman–Crippen LogP) is 7.57. The standard InChI is InChI=1S/C29H45NO/c1-19-11-14-26(4)22(25(19,2)3)12-15-28(6)23(26)10-9-20-21-8-7-13-29(21,24(31)18-30)17-16-27(20,28)5/h19-23H,7-17H2,1-6H3/t19?,20?,21?,22?,23?,26?,27-,28?,29?/m1/s1. The maximum Gasteiger partial charge on any atom is 0.238 e. The van der Waals surface area contributed by atoms with E-state index in [1.54, 1.807) is 0 Å². The van der Waals surface area contributed by atoms with Gasteiger partial charge in [0.15, 0.2) is 0 Å². The van der Waals surface area contributed by atoms with Crippen LogP contribution in [-0.4, -0.2) is 5.78 Å². The Balaban J connectivity index is 1.53. The average molecular weight is 424 g/mol. The van der Waals surface area contributed by atoms with E-state index in [1.165, 1.54) is 44.9 Å². The number of hydrogen-bond acceptors (Lipinski definition) is 2. The summed E-state index contributed by atoms with van der Waals surface area (Å²) in [4.78, 5) is 12.9. The molecule has 2 heteroatoms. The molecule has 0 amide bonds. The van der Waals surface area contributed by atoms with Crippen molar-refractivity contribution in [1.29, 1.82) is 5.26 Å². The molecule has 0 aromatic rings. The van der Waals surface area contributed by atoms with Crippen LogP contribution in [-0.2, 0) is 4.79 Å². The first kappa shape index (κ1) is 22.0. The fourth-order valence-corrected chi connectivity index (χ4v) is 11.3. The van der Waals surface area contributed by atoms with Gasteiger partial charge in [0.2, 0.25) is 5.78 Å². The van der Waals surface area contributed by atoms with Crippen LogP contribution in [0.15, 0.2) is 0 Å². The minimum Gasteiger partial charge on any atom is -0.282 e. The molecular formula is C29H45NO. The third-order valence-corrected chi connectivity index (χ3v) is 13.5. The third-order valence-electron chi connectivity index (χ3n) is 13.5. The second-order valence-electron chi connectivity index (χ2n) is 14.0. The van der Waals surface area contributed by atoms with E-state index in [-0.39, 0.29) is 11.2 Å². The Morgan fingerprint density at radius 3 is 2.23 bits per heavy atom. The molecule has 0 saturated heterocycles. The van der Waals surface area contributed by atoms with E-state index in [0.717, 1.165) is 43.4 Å². The molecule has 2 nitrogen and oxygen atoms in total. The van der Waals surface area contributed by atoms with E-state index < -0.39 is 0 Å². The van der Waals surface area contributed by atoms with Crippen molar-refractivity contribution in [2.45, 2.75) is 112 Å². The highest BCUT2D eigenvalue weighted by molar-refractivity contribution is 5.98. The molecule has 0 N–H and O–H groups in total. The quantitative estimate of drug-likeness (QED) is 0.408. The van der Waals surface area contributed by atoms with Crippen molar-refractivity contribution in [2.75, 3.05) is 0 Å². The number of nitrogens with zero attached hydrogens (tertiary/aromatic N) is 1. The van der Waals surface area contributed by atoms with Crippen LogP contribution in [0.1, 0.15) is 112 Å². The molecule has 0 aromatic heterocycles.